The minimum absolute atomic E-state index is 0.0716. The van der Waals surface area contributed by atoms with Gasteiger partial charge >= 0.3 is 0 Å². The van der Waals surface area contributed by atoms with Crippen LogP contribution in [0.25, 0.3) is 17.2 Å². The largest absolute Gasteiger partial charge is 0.439 e. The number of ether oxygens (including phenoxy) is 1. The first-order valence-corrected chi connectivity index (χ1v) is 9.32. The average Bonchev–Trinajstić information content (AvgIpc) is 3.14. The Labute approximate surface area is 160 Å². The number of rotatable bonds is 1. The molecule has 0 amide bonds. The monoisotopic (exact) mass is 362 g/mol. The summed E-state index contributed by atoms with van der Waals surface area (Å²) in [5, 5.41) is 3.28. The van der Waals surface area contributed by atoms with Crippen LogP contribution in [0.5, 0.6) is 5.75 Å². The van der Waals surface area contributed by atoms with Gasteiger partial charge in [0.1, 0.15) is 5.52 Å². The van der Waals surface area contributed by atoms with E-state index in [1.165, 1.54) is 11.1 Å². The fourth-order valence-corrected chi connectivity index (χ4v) is 3.10. The zero-order valence-corrected chi connectivity index (χ0v) is 16.8. The standard InChI is InChI=1S/C23H26N2O2/c1-22(2,3)14-7-9-16-18(11-14)26-20(24-16)13-21-25-17-10-8-15(23(4,5)6)12-19(17)27-21/h7-13,24H,1-6H3/b20-13+. The van der Waals surface area contributed by atoms with Crippen LogP contribution in [0.3, 0.4) is 0 Å². The minimum Gasteiger partial charge on any atom is -0.439 e. The van der Waals surface area contributed by atoms with Crippen LogP contribution in [-0.4, -0.2) is 4.98 Å². The topological polar surface area (TPSA) is 47.3 Å². The molecule has 1 aliphatic rings. The maximum absolute atomic E-state index is 5.97. The fourth-order valence-electron chi connectivity index (χ4n) is 3.10. The van der Waals surface area contributed by atoms with Gasteiger partial charge in [-0.15, -0.1) is 0 Å². The van der Waals surface area contributed by atoms with Gasteiger partial charge in [0.25, 0.3) is 0 Å². The third-order valence-electron chi connectivity index (χ3n) is 4.85. The van der Waals surface area contributed by atoms with Crippen LogP contribution in [-0.2, 0) is 10.8 Å². The minimum atomic E-state index is 0.0716. The van der Waals surface area contributed by atoms with Gasteiger partial charge in [-0.2, -0.15) is 0 Å². The third-order valence-corrected chi connectivity index (χ3v) is 4.85. The van der Waals surface area contributed by atoms with Crippen LogP contribution in [0.1, 0.15) is 58.6 Å². The molecule has 4 rings (SSSR count). The van der Waals surface area contributed by atoms with Crippen molar-refractivity contribution in [2.45, 2.75) is 52.4 Å². The van der Waals surface area contributed by atoms with E-state index in [2.05, 4.69) is 82.2 Å². The predicted molar refractivity (Wildman–Crippen MR) is 110 cm³/mol. The first-order valence-electron chi connectivity index (χ1n) is 9.32. The lowest BCUT2D eigenvalue weighted by Gasteiger charge is -2.19. The highest BCUT2D eigenvalue weighted by Gasteiger charge is 2.22. The van der Waals surface area contributed by atoms with Gasteiger partial charge in [-0.05, 0) is 46.2 Å². The molecule has 0 saturated heterocycles. The molecule has 0 spiro atoms. The molecule has 27 heavy (non-hydrogen) atoms. The predicted octanol–water partition coefficient (Wildman–Crippen LogP) is 6.23. The lowest BCUT2D eigenvalue weighted by atomic mass is 9.87. The normalized spacial score (nSPS) is 15.7. The number of fused-ring (bicyclic) bond motifs is 2. The Bertz CT molecular complexity index is 1050. The number of anilines is 1. The van der Waals surface area contributed by atoms with Crippen LogP contribution in [0.15, 0.2) is 46.7 Å². The first kappa shape index (κ1) is 17.7. The molecule has 0 bridgehead atoms. The second kappa shape index (κ2) is 5.88. The zero-order chi connectivity index (χ0) is 19.4. The number of benzene rings is 2. The van der Waals surface area contributed by atoms with Crippen LogP contribution >= 0.6 is 0 Å². The molecule has 0 unspecified atom stereocenters. The molecule has 0 saturated carbocycles. The van der Waals surface area contributed by atoms with Gasteiger partial charge in [0.15, 0.2) is 11.3 Å². The summed E-state index contributed by atoms with van der Waals surface area (Å²) in [5.74, 6) is 1.99. The molecular formula is C23H26N2O2. The average molecular weight is 362 g/mol. The van der Waals surface area contributed by atoms with E-state index in [1.807, 2.05) is 6.07 Å². The molecule has 3 aromatic rings. The summed E-state index contributed by atoms with van der Waals surface area (Å²) in [5.41, 5.74) is 5.21. The highest BCUT2D eigenvalue weighted by Crippen LogP contribution is 2.38. The number of nitrogens with zero attached hydrogens (tertiary/aromatic N) is 1. The van der Waals surface area contributed by atoms with Crippen LogP contribution in [0.4, 0.5) is 5.69 Å². The second-order valence-corrected chi connectivity index (χ2v) is 9.18. The van der Waals surface area contributed by atoms with E-state index < -0.39 is 0 Å². The van der Waals surface area contributed by atoms with Gasteiger partial charge in [-0.1, -0.05) is 53.7 Å². The zero-order valence-electron chi connectivity index (χ0n) is 16.8. The van der Waals surface area contributed by atoms with E-state index in [-0.39, 0.29) is 10.8 Å². The quantitative estimate of drug-likeness (QED) is 0.558. The van der Waals surface area contributed by atoms with Crippen LogP contribution < -0.4 is 10.1 Å². The Kier molecular flexibility index (Phi) is 3.84. The number of nitrogens with one attached hydrogen (secondary N) is 1. The molecule has 0 radical (unpaired) electrons. The Hall–Kier alpha value is -2.75. The van der Waals surface area contributed by atoms with Crippen molar-refractivity contribution in [2.75, 3.05) is 5.32 Å². The fraction of sp³-hybridized carbons (Fsp3) is 0.348. The Morgan fingerprint density at radius 1 is 0.889 bits per heavy atom. The molecule has 140 valence electrons. The summed E-state index contributed by atoms with van der Waals surface area (Å²) in [6, 6.07) is 12.5. The second-order valence-electron chi connectivity index (χ2n) is 9.18. The van der Waals surface area contributed by atoms with Gasteiger partial charge < -0.3 is 14.5 Å². The van der Waals surface area contributed by atoms with Crippen LogP contribution in [0, 0.1) is 0 Å². The van der Waals surface area contributed by atoms with E-state index in [0.29, 0.717) is 11.8 Å². The highest BCUT2D eigenvalue weighted by molar-refractivity contribution is 5.76. The lowest BCUT2D eigenvalue weighted by molar-refractivity contribution is 0.457. The van der Waals surface area contributed by atoms with Crippen molar-refractivity contribution in [3.8, 4) is 5.75 Å². The smallest absolute Gasteiger partial charge is 0.225 e. The number of hydrogen-bond donors (Lipinski definition) is 1. The maximum Gasteiger partial charge on any atom is 0.225 e. The van der Waals surface area contributed by atoms with E-state index in [1.54, 1.807) is 6.08 Å². The van der Waals surface area contributed by atoms with Crippen molar-refractivity contribution in [1.82, 2.24) is 4.98 Å². The molecule has 0 aliphatic carbocycles. The molecule has 0 atom stereocenters. The van der Waals surface area contributed by atoms with Gasteiger partial charge in [-0.25, -0.2) is 4.98 Å². The molecule has 1 aromatic heterocycles. The molecule has 0 fully saturated rings. The Morgan fingerprint density at radius 3 is 2.26 bits per heavy atom. The molecule has 2 aromatic carbocycles. The van der Waals surface area contributed by atoms with Gasteiger partial charge in [0.05, 0.1) is 11.8 Å². The van der Waals surface area contributed by atoms with Gasteiger partial charge in [-0.3, -0.25) is 0 Å². The summed E-state index contributed by atoms with van der Waals surface area (Å²) >= 11 is 0. The van der Waals surface area contributed by atoms with E-state index in [9.17, 15) is 0 Å². The van der Waals surface area contributed by atoms with Gasteiger partial charge in [0.2, 0.25) is 11.8 Å². The summed E-state index contributed by atoms with van der Waals surface area (Å²) in [6.07, 6.45) is 1.80. The number of hydrogen-bond acceptors (Lipinski definition) is 4. The Morgan fingerprint density at radius 2 is 1.56 bits per heavy atom. The number of oxazole rings is 1. The molecule has 4 heteroatoms. The number of aromatic nitrogens is 1. The summed E-state index contributed by atoms with van der Waals surface area (Å²) in [6.45, 7) is 13.1. The van der Waals surface area contributed by atoms with E-state index in [4.69, 9.17) is 9.15 Å². The summed E-state index contributed by atoms with van der Waals surface area (Å²) < 4.78 is 11.9. The van der Waals surface area contributed by atoms with Crippen molar-refractivity contribution in [1.29, 1.82) is 0 Å². The van der Waals surface area contributed by atoms with Gasteiger partial charge in [0, 0.05) is 0 Å². The van der Waals surface area contributed by atoms with Crippen molar-refractivity contribution in [2.24, 2.45) is 0 Å². The van der Waals surface area contributed by atoms with Crippen molar-refractivity contribution < 1.29 is 9.15 Å². The van der Waals surface area contributed by atoms with Crippen LogP contribution in [0.2, 0.25) is 0 Å². The SMILES string of the molecule is CC(C)(C)c1ccc2c(c1)O/C(=C/c1nc3ccc(C(C)(C)C)cc3o1)N2. The molecule has 4 nitrogen and oxygen atoms in total. The first-order chi connectivity index (χ1) is 12.6. The molecule has 1 N–H and O–H groups in total. The summed E-state index contributed by atoms with van der Waals surface area (Å²) in [7, 11) is 0. The highest BCUT2D eigenvalue weighted by atomic mass is 16.5. The Balaban J connectivity index is 1.62. The molecular weight excluding hydrogens is 336 g/mol. The lowest BCUT2D eigenvalue weighted by Crippen LogP contribution is -2.10. The van der Waals surface area contributed by atoms with E-state index in [0.717, 1.165) is 22.5 Å². The maximum atomic E-state index is 5.97. The molecule has 2 heterocycles. The summed E-state index contributed by atoms with van der Waals surface area (Å²) in [4.78, 5) is 4.56. The molecule has 1 aliphatic heterocycles. The van der Waals surface area contributed by atoms with Crippen molar-refractivity contribution >= 4 is 22.9 Å². The van der Waals surface area contributed by atoms with E-state index >= 15 is 0 Å². The third kappa shape index (κ3) is 3.44. The van der Waals surface area contributed by atoms with Crippen molar-refractivity contribution in [3.63, 3.8) is 0 Å². The van der Waals surface area contributed by atoms with Crippen molar-refractivity contribution in [3.05, 3.63) is 59.3 Å².